The van der Waals surface area contributed by atoms with E-state index in [9.17, 15) is 0 Å². The summed E-state index contributed by atoms with van der Waals surface area (Å²) in [5.74, 6) is 0.880. The summed E-state index contributed by atoms with van der Waals surface area (Å²) in [6.45, 7) is 9.12. The minimum Gasteiger partial charge on any atom is -0.314 e. The van der Waals surface area contributed by atoms with E-state index in [0.717, 1.165) is 18.2 Å². The van der Waals surface area contributed by atoms with Crippen LogP contribution in [0.1, 0.15) is 64.1 Å². The largest absolute Gasteiger partial charge is 0.314 e. The van der Waals surface area contributed by atoms with Crippen LogP contribution in [0.3, 0.4) is 0 Å². The van der Waals surface area contributed by atoms with E-state index in [4.69, 9.17) is 0 Å². The Balaban J connectivity index is 1.76. The number of piperidine rings is 1. The maximum atomic E-state index is 4.31. The molecule has 0 aliphatic carbocycles. The average Bonchev–Trinajstić information content (AvgIpc) is 3.01. The lowest BCUT2D eigenvalue weighted by molar-refractivity contribution is 0.151. The number of nitrogens with zero attached hydrogens (tertiary/aromatic N) is 4. The summed E-state index contributed by atoms with van der Waals surface area (Å²) in [7, 11) is 1.94. The Bertz CT molecular complexity index is 409. The van der Waals surface area contributed by atoms with Crippen molar-refractivity contribution in [3.63, 3.8) is 0 Å². The molecule has 1 N–H and O–H groups in total. The monoisotopic (exact) mass is 307 g/mol. The predicted molar refractivity (Wildman–Crippen MR) is 90.8 cm³/mol. The topological polar surface area (TPSA) is 46.0 Å². The molecule has 126 valence electrons. The standard InChI is InChI=1S/C17H33N5/c1-4-6-7-15(5-2)13-21-10-8-17(9-11-21)22-14-16(12-18-3)19-20-22/h14-15,17-18H,4-13H2,1-3H3. The van der Waals surface area contributed by atoms with Gasteiger partial charge in [0.05, 0.1) is 17.9 Å². The summed E-state index contributed by atoms with van der Waals surface area (Å²) in [5.41, 5.74) is 1.04. The SMILES string of the molecule is CCCCC(CC)CN1CCC(n2cc(CNC)nn2)CC1. The van der Waals surface area contributed by atoms with E-state index in [0.29, 0.717) is 6.04 Å². The highest BCUT2D eigenvalue weighted by Crippen LogP contribution is 2.24. The molecule has 0 radical (unpaired) electrons. The maximum Gasteiger partial charge on any atom is 0.0964 e. The third kappa shape index (κ3) is 5.06. The molecule has 1 aliphatic heterocycles. The highest BCUT2D eigenvalue weighted by molar-refractivity contribution is 4.93. The van der Waals surface area contributed by atoms with Gasteiger partial charge in [0.15, 0.2) is 0 Å². The molecule has 0 spiro atoms. The van der Waals surface area contributed by atoms with E-state index >= 15 is 0 Å². The van der Waals surface area contributed by atoms with Crippen LogP contribution in [-0.4, -0.2) is 46.6 Å². The molecular weight excluding hydrogens is 274 g/mol. The van der Waals surface area contributed by atoms with Crippen molar-refractivity contribution in [2.45, 2.75) is 65.0 Å². The van der Waals surface area contributed by atoms with Crippen LogP contribution in [0.15, 0.2) is 6.20 Å². The zero-order valence-electron chi connectivity index (χ0n) is 14.6. The van der Waals surface area contributed by atoms with Gasteiger partial charge in [-0.1, -0.05) is 38.3 Å². The fourth-order valence-corrected chi connectivity index (χ4v) is 3.40. The van der Waals surface area contributed by atoms with Crippen molar-refractivity contribution in [3.8, 4) is 0 Å². The molecule has 5 nitrogen and oxygen atoms in total. The van der Waals surface area contributed by atoms with Crippen molar-refractivity contribution < 1.29 is 0 Å². The van der Waals surface area contributed by atoms with Gasteiger partial charge < -0.3 is 10.2 Å². The van der Waals surface area contributed by atoms with Crippen molar-refractivity contribution in [1.82, 2.24) is 25.2 Å². The quantitative estimate of drug-likeness (QED) is 0.762. The van der Waals surface area contributed by atoms with Gasteiger partial charge in [-0.3, -0.25) is 0 Å². The second kappa shape index (κ2) is 9.26. The third-order valence-electron chi connectivity index (χ3n) is 4.91. The first-order chi connectivity index (χ1) is 10.8. The summed E-state index contributed by atoms with van der Waals surface area (Å²) in [6.07, 6.45) is 9.91. The minimum atomic E-state index is 0.532. The molecule has 0 saturated carbocycles. The fraction of sp³-hybridized carbons (Fsp3) is 0.882. The van der Waals surface area contributed by atoms with Crippen molar-refractivity contribution in [2.24, 2.45) is 5.92 Å². The van der Waals surface area contributed by atoms with Crippen LogP contribution in [0.25, 0.3) is 0 Å². The molecule has 5 heteroatoms. The number of likely N-dealkylation sites (tertiary alicyclic amines) is 1. The first-order valence-electron chi connectivity index (χ1n) is 9.04. The lowest BCUT2D eigenvalue weighted by atomic mass is 9.97. The molecule has 22 heavy (non-hydrogen) atoms. The van der Waals surface area contributed by atoms with E-state index in [1.54, 1.807) is 0 Å². The lowest BCUT2D eigenvalue weighted by Gasteiger charge is -2.34. The van der Waals surface area contributed by atoms with Gasteiger partial charge in [-0.2, -0.15) is 0 Å². The summed E-state index contributed by atoms with van der Waals surface area (Å²) >= 11 is 0. The first kappa shape index (κ1) is 17.4. The van der Waals surface area contributed by atoms with E-state index < -0.39 is 0 Å². The Labute approximate surface area is 135 Å². The smallest absolute Gasteiger partial charge is 0.0964 e. The van der Waals surface area contributed by atoms with Crippen LogP contribution in [0, 0.1) is 5.92 Å². The molecular formula is C17H33N5. The van der Waals surface area contributed by atoms with Crippen molar-refractivity contribution in [1.29, 1.82) is 0 Å². The summed E-state index contributed by atoms with van der Waals surface area (Å²) < 4.78 is 2.08. The van der Waals surface area contributed by atoms with Gasteiger partial charge in [0, 0.05) is 26.2 Å². The van der Waals surface area contributed by atoms with Gasteiger partial charge in [-0.25, -0.2) is 4.68 Å². The van der Waals surface area contributed by atoms with Crippen molar-refractivity contribution in [3.05, 3.63) is 11.9 Å². The molecule has 1 fully saturated rings. The van der Waals surface area contributed by atoms with Crippen LogP contribution in [0.4, 0.5) is 0 Å². The molecule has 2 heterocycles. The number of hydrogen-bond donors (Lipinski definition) is 1. The van der Waals surface area contributed by atoms with Gasteiger partial charge in [0.1, 0.15) is 0 Å². The second-order valence-corrected chi connectivity index (χ2v) is 6.67. The number of unbranched alkanes of at least 4 members (excludes halogenated alkanes) is 1. The highest BCUT2D eigenvalue weighted by Gasteiger charge is 2.23. The van der Waals surface area contributed by atoms with Crippen molar-refractivity contribution in [2.75, 3.05) is 26.7 Å². The van der Waals surface area contributed by atoms with Crippen LogP contribution < -0.4 is 5.32 Å². The van der Waals surface area contributed by atoms with Gasteiger partial charge >= 0.3 is 0 Å². The molecule has 1 aliphatic rings. The number of nitrogens with one attached hydrogen (secondary N) is 1. The molecule has 0 bridgehead atoms. The number of rotatable bonds is 9. The average molecular weight is 307 g/mol. The van der Waals surface area contributed by atoms with E-state index in [2.05, 4.69) is 45.3 Å². The Kier molecular flexibility index (Phi) is 7.33. The van der Waals surface area contributed by atoms with Crippen LogP contribution in [-0.2, 0) is 6.54 Å². The lowest BCUT2D eigenvalue weighted by Crippen LogP contribution is -2.37. The van der Waals surface area contributed by atoms with E-state index in [-0.39, 0.29) is 0 Å². The summed E-state index contributed by atoms with van der Waals surface area (Å²) in [6, 6.07) is 0.532. The fourth-order valence-electron chi connectivity index (χ4n) is 3.40. The van der Waals surface area contributed by atoms with Crippen LogP contribution in [0.2, 0.25) is 0 Å². The summed E-state index contributed by atoms with van der Waals surface area (Å²) in [5, 5.41) is 11.7. The molecule has 1 unspecified atom stereocenters. The molecule has 1 aromatic rings. The van der Waals surface area contributed by atoms with E-state index in [1.807, 2.05) is 7.05 Å². The van der Waals surface area contributed by atoms with Crippen molar-refractivity contribution >= 4 is 0 Å². The Morgan fingerprint density at radius 2 is 2.09 bits per heavy atom. The second-order valence-electron chi connectivity index (χ2n) is 6.67. The third-order valence-corrected chi connectivity index (χ3v) is 4.91. The minimum absolute atomic E-state index is 0.532. The summed E-state index contributed by atoms with van der Waals surface area (Å²) in [4.78, 5) is 2.66. The van der Waals surface area contributed by atoms with Gasteiger partial charge in [0.2, 0.25) is 0 Å². The van der Waals surface area contributed by atoms with E-state index in [1.165, 1.54) is 58.2 Å². The Hall–Kier alpha value is -0.940. The first-order valence-corrected chi connectivity index (χ1v) is 9.04. The van der Waals surface area contributed by atoms with Gasteiger partial charge in [0.25, 0.3) is 0 Å². The zero-order chi connectivity index (χ0) is 15.8. The zero-order valence-corrected chi connectivity index (χ0v) is 14.6. The van der Waals surface area contributed by atoms with Crippen LogP contribution in [0.5, 0.6) is 0 Å². The Morgan fingerprint density at radius 3 is 2.73 bits per heavy atom. The van der Waals surface area contributed by atoms with Gasteiger partial charge in [-0.15, -0.1) is 5.10 Å². The normalized spacial score (nSPS) is 18.7. The van der Waals surface area contributed by atoms with Gasteiger partial charge in [-0.05, 0) is 32.2 Å². The van der Waals surface area contributed by atoms with Crippen LogP contribution >= 0.6 is 0 Å². The maximum absolute atomic E-state index is 4.31. The number of hydrogen-bond acceptors (Lipinski definition) is 4. The Morgan fingerprint density at radius 1 is 1.32 bits per heavy atom. The molecule has 0 amide bonds. The molecule has 1 saturated heterocycles. The number of aromatic nitrogens is 3. The molecule has 1 aromatic heterocycles. The molecule has 1 atom stereocenters. The molecule has 0 aromatic carbocycles. The predicted octanol–water partition coefficient (Wildman–Crippen LogP) is 2.85. The highest BCUT2D eigenvalue weighted by atomic mass is 15.4. The molecule has 2 rings (SSSR count).